The summed E-state index contributed by atoms with van der Waals surface area (Å²) in [5.41, 5.74) is 1.43. The fraction of sp³-hybridized carbons (Fsp3) is 0.818. The molecular formula is C11H27N. The van der Waals surface area contributed by atoms with Crippen molar-refractivity contribution < 1.29 is 0 Å². The molecule has 0 amide bonds. The molecule has 0 saturated heterocycles. The van der Waals surface area contributed by atoms with E-state index < -0.39 is 0 Å². The molecule has 0 aliphatic carbocycles. The summed E-state index contributed by atoms with van der Waals surface area (Å²) in [6.07, 6.45) is 3.29. The molecule has 0 unspecified atom stereocenters. The summed E-state index contributed by atoms with van der Waals surface area (Å²) in [6, 6.07) is 0. The molecule has 0 aliphatic rings. The van der Waals surface area contributed by atoms with Crippen LogP contribution >= 0.6 is 0 Å². The minimum Gasteiger partial charge on any atom is -0.384 e. The van der Waals surface area contributed by atoms with Gasteiger partial charge in [-0.05, 0) is 19.5 Å². The van der Waals surface area contributed by atoms with Crippen LogP contribution in [0.5, 0.6) is 0 Å². The molecule has 0 fully saturated rings. The normalized spacial score (nSPS) is 8.83. The maximum atomic E-state index is 2.16. The minimum absolute atomic E-state index is 1.15. The van der Waals surface area contributed by atoms with Gasteiger partial charge in [0.15, 0.2) is 0 Å². The highest BCUT2D eigenvalue weighted by Crippen LogP contribution is 1.97. The molecule has 0 aromatic carbocycles. The van der Waals surface area contributed by atoms with E-state index in [2.05, 4.69) is 24.9 Å². The third-order valence-corrected chi connectivity index (χ3v) is 1.04. The van der Waals surface area contributed by atoms with Crippen molar-refractivity contribution in [2.75, 3.05) is 14.1 Å². The van der Waals surface area contributed by atoms with Crippen LogP contribution in [0.4, 0.5) is 0 Å². The molecule has 0 radical (unpaired) electrons. The molecule has 0 rings (SSSR count). The molecule has 76 valence electrons. The van der Waals surface area contributed by atoms with E-state index in [1.54, 1.807) is 0 Å². The van der Waals surface area contributed by atoms with Gasteiger partial charge in [0.1, 0.15) is 0 Å². The van der Waals surface area contributed by atoms with Gasteiger partial charge in [0.25, 0.3) is 0 Å². The van der Waals surface area contributed by atoms with Crippen LogP contribution in [0.25, 0.3) is 0 Å². The zero-order valence-electron chi connectivity index (χ0n) is 10.2. The second-order valence-electron chi connectivity index (χ2n) is 2.29. The number of hydrogen-bond acceptors (Lipinski definition) is 1. The van der Waals surface area contributed by atoms with E-state index in [9.17, 15) is 0 Å². The second kappa shape index (κ2) is 16.9. The highest BCUT2D eigenvalue weighted by Gasteiger charge is 1.81. The number of nitrogens with zero attached hydrogens (tertiary/aromatic N) is 1. The highest BCUT2D eigenvalue weighted by atomic mass is 15.0. The lowest BCUT2D eigenvalue weighted by Crippen LogP contribution is -2.01. The average molecular weight is 173 g/mol. The monoisotopic (exact) mass is 173 g/mol. The number of allylic oxidation sites excluding steroid dienone is 1. The molecule has 0 heterocycles. The van der Waals surface area contributed by atoms with Gasteiger partial charge in [-0.25, -0.2) is 0 Å². The lowest BCUT2D eigenvalue weighted by atomic mass is 10.2. The Morgan fingerprint density at radius 3 is 1.50 bits per heavy atom. The Hall–Kier alpha value is -0.460. The van der Waals surface area contributed by atoms with Gasteiger partial charge in [0.05, 0.1) is 0 Å². The van der Waals surface area contributed by atoms with Crippen LogP contribution in [0.1, 0.15) is 48.0 Å². The molecule has 0 aromatic rings. The SMILES string of the molecule is CC.CC.CC/C(C)=C/N(C)C. The number of hydrogen-bond donors (Lipinski definition) is 0. The van der Waals surface area contributed by atoms with Gasteiger partial charge in [-0.2, -0.15) is 0 Å². The molecule has 1 nitrogen and oxygen atoms in total. The van der Waals surface area contributed by atoms with Crippen LogP contribution < -0.4 is 0 Å². The molecule has 0 N–H and O–H groups in total. The van der Waals surface area contributed by atoms with Gasteiger partial charge < -0.3 is 4.90 Å². The molecule has 0 bridgehead atoms. The standard InChI is InChI=1S/C7H15N.2C2H6/c1-5-7(2)6-8(3)4;2*1-2/h6H,5H2,1-4H3;2*1-2H3/b7-6+;;. The predicted octanol–water partition coefficient (Wildman–Crippen LogP) is 3.91. The summed E-state index contributed by atoms with van der Waals surface area (Å²) < 4.78 is 0. The van der Waals surface area contributed by atoms with E-state index in [4.69, 9.17) is 0 Å². The summed E-state index contributed by atoms with van der Waals surface area (Å²) in [5, 5.41) is 0. The quantitative estimate of drug-likeness (QED) is 0.612. The van der Waals surface area contributed by atoms with E-state index in [1.807, 2.05) is 41.8 Å². The molecule has 0 aliphatic heterocycles. The Morgan fingerprint density at radius 2 is 1.42 bits per heavy atom. The first-order valence-electron chi connectivity index (χ1n) is 5.00. The van der Waals surface area contributed by atoms with E-state index in [-0.39, 0.29) is 0 Å². The van der Waals surface area contributed by atoms with Gasteiger partial charge in [0, 0.05) is 14.1 Å². The van der Waals surface area contributed by atoms with Gasteiger partial charge in [-0.15, -0.1) is 0 Å². The van der Waals surface area contributed by atoms with Crippen molar-refractivity contribution in [1.82, 2.24) is 4.90 Å². The summed E-state index contributed by atoms with van der Waals surface area (Å²) >= 11 is 0. The van der Waals surface area contributed by atoms with E-state index in [0.717, 1.165) is 6.42 Å². The Morgan fingerprint density at radius 1 is 1.08 bits per heavy atom. The fourth-order valence-corrected chi connectivity index (χ4v) is 0.532. The molecule has 0 spiro atoms. The molecule has 0 aromatic heterocycles. The van der Waals surface area contributed by atoms with Crippen molar-refractivity contribution in [2.24, 2.45) is 0 Å². The smallest absolute Gasteiger partial charge is 0.00556 e. The maximum absolute atomic E-state index is 2.16. The summed E-state index contributed by atoms with van der Waals surface area (Å²) in [5.74, 6) is 0. The second-order valence-corrected chi connectivity index (χ2v) is 2.29. The summed E-state index contributed by atoms with van der Waals surface area (Å²) in [4.78, 5) is 2.07. The minimum atomic E-state index is 1.15. The zero-order valence-corrected chi connectivity index (χ0v) is 10.2. The molecule has 0 atom stereocenters. The average Bonchev–Trinajstić information content (AvgIpc) is 2.10. The molecular weight excluding hydrogens is 146 g/mol. The first-order valence-corrected chi connectivity index (χ1v) is 5.00. The van der Waals surface area contributed by atoms with Crippen LogP contribution in [0.15, 0.2) is 11.8 Å². The maximum Gasteiger partial charge on any atom is 0.00556 e. The van der Waals surface area contributed by atoms with Gasteiger partial charge in [0.2, 0.25) is 0 Å². The van der Waals surface area contributed by atoms with Crippen molar-refractivity contribution in [3.05, 3.63) is 11.8 Å². The topological polar surface area (TPSA) is 3.24 Å². The Bertz CT molecular complexity index is 83.0. The van der Waals surface area contributed by atoms with Crippen LogP contribution in [-0.2, 0) is 0 Å². The zero-order chi connectivity index (χ0) is 10.6. The van der Waals surface area contributed by atoms with Crippen molar-refractivity contribution in [1.29, 1.82) is 0 Å². The lowest BCUT2D eigenvalue weighted by molar-refractivity contribution is 0.556. The third kappa shape index (κ3) is 22.7. The Kier molecular flexibility index (Phi) is 24.7. The van der Waals surface area contributed by atoms with Crippen LogP contribution in [-0.4, -0.2) is 19.0 Å². The van der Waals surface area contributed by atoms with Crippen molar-refractivity contribution in [3.8, 4) is 0 Å². The summed E-state index contributed by atoms with van der Waals surface area (Å²) in [6.45, 7) is 12.3. The molecule has 1 heteroatoms. The van der Waals surface area contributed by atoms with E-state index in [1.165, 1.54) is 5.57 Å². The van der Waals surface area contributed by atoms with Crippen molar-refractivity contribution in [2.45, 2.75) is 48.0 Å². The van der Waals surface area contributed by atoms with Crippen molar-refractivity contribution >= 4 is 0 Å². The fourth-order valence-electron chi connectivity index (χ4n) is 0.532. The predicted molar refractivity (Wildman–Crippen MR) is 60.4 cm³/mol. The van der Waals surface area contributed by atoms with Crippen LogP contribution in [0.3, 0.4) is 0 Å². The first kappa shape index (κ1) is 17.6. The Balaban J connectivity index is -0.000000175. The largest absolute Gasteiger partial charge is 0.384 e. The summed E-state index contributed by atoms with van der Waals surface area (Å²) in [7, 11) is 4.08. The Labute approximate surface area is 79.5 Å². The van der Waals surface area contributed by atoms with Gasteiger partial charge in [-0.3, -0.25) is 0 Å². The van der Waals surface area contributed by atoms with Crippen LogP contribution in [0, 0.1) is 0 Å². The van der Waals surface area contributed by atoms with E-state index >= 15 is 0 Å². The van der Waals surface area contributed by atoms with Crippen LogP contribution in [0.2, 0.25) is 0 Å². The highest BCUT2D eigenvalue weighted by molar-refractivity contribution is 4.94. The van der Waals surface area contributed by atoms with Gasteiger partial charge in [-0.1, -0.05) is 40.2 Å². The lowest BCUT2D eigenvalue weighted by Gasteiger charge is -2.05. The van der Waals surface area contributed by atoms with Crippen molar-refractivity contribution in [3.63, 3.8) is 0 Å². The molecule has 12 heavy (non-hydrogen) atoms. The van der Waals surface area contributed by atoms with E-state index in [0.29, 0.717) is 0 Å². The number of rotatable bonds is 2. The third-order valence-electron chi connectivity index (χ3n) is 1.04. The van der Waals surface area contributed by atoms with Gasteiger partial charge >= 0.3 is 0 Å². The molecule has 0 saturated carbocycles. The first-order chi connectivity index (χ1) is 5.66.